The van der Waals surface area contributed by atoms with E-state index in [2.05, 4.69) is 4.72 Å². The van der Waals surface area contributed by atoms with Gasteiger partial charge in [-0.1, -0.05) is 17.7 Å². The number of thiophene rings is 1. The molecule has 1 aromatic carbocycles. The van der Waals surface area contributed by atoms with Gasteiger partial charge in [-0.05, 0) is 77.1 Å². The molecule has 0 radical (unpaired) electrons. The second kappa shape index (κ2) is 9.38. The minimum Gasteiger partial charge on any atom is -0.462 e. The van der Waals surface area contributed by atoms with E-state index in [1.807, 2.05) is 18.4 Å². The summed E-state index contributed by atoms with van der Waals surface area (Å²) < 4.78 is 34.9. The summed E-state index contributed by atoms with van der Waals surface area (Å²) in [5.74, 6) is -1.07. The first-order chi connectivity index (χ1) is 16.1. The van der Waals surface area contributed by atoms with Gasteiger partial charge in [0, 0.05) is 16.3 Å². The van der Waals surface area contributed by atoms with Crippen molar-refractivity contribution in [1.29, 1.82) is 0 Å². The predicted molar refractivity (Wildman–Crippen MR) is 132 cm³/mol. The van der Waals surface area contributed by atoms with E-state index in [4.69, 9.17) is 4.74 Å². The fourth-order valence-electron chi connectivity index (χ4n) is 4.38. The molecule has 0 saturated carbocycles. The number of carbonyl (C=O) groups is 2. The molecule has 0 fully saturated rings. The van der Waals surface area contributed by atoms with Crippen molar-refractivity contribution in [2.75, 3.05) is 6.61 Å². The van der Waals surface area contributed by atoms with Crippen molar-refractivity contribution < 1.29 is 22.7 Å². The number of hydrogen-bond donors (Lipinski definition) is 1. The number of hydrogen-bond acceptors (Lipinski definition) is 6. The van der Waals surface area contributed by atoms with Crippen molar-refractivity contribution >= 4 is 33.2 Å². The molecule has 2 heterocycles. The maximum atomic E-state index is 13.0. The molecular weight excluding hydrogens is 472 g/mol. The molecule has 0 saturated heterocycles. The summed E-state index contributed by atoms with van der Waals surface area (Å²) in [4.78, 5) is 27.2. The Hall–Kier alpha value is -2.91. The van der Waals surface area contributed by atoms with Crippen LogP contribution in [0.15, 0.2) is 35.2 Å². The van der Waals surface area contributed by atoms with Gasteiger partial charge in [0.15, 0.2) is 0 Å². The van der Waals surface area contributed by atoms with Crippen LogP contribution in [0.1, 0.15) is 67.9 Å². The maximum absolute atomic E-state index is 13.0. The number of amides is 1. The van der Waals surface area contributed by atoms with Crippen LogP contribution in [0.25, 0.3) is 5.00 Å². The first kappa shape index (κ1) is 24.2. The Labute approximate surface area is 203 Å². The van der Waals surface area contributed by atoms with Crippen molar-refractivity contribution in [2.45, 2.75) is 58.3 Å². The molecule has 180 valence electrons. The number of carbonyl (C=O) groups excluding carboxylic acids is 2. The number of sulfonamides is 1. The van der Waals surface area contributed by atoms with Crippen LogP contribution >= 0.6 is 11.3 Å². The van der Waals surface area contributed by atoms with Gasteiger partial charge in [-0.2, -0.15) is 0 Å². The molecular formula is C25H28N2O5S2. The molecule has 0 unspecified atom stereocenters. The minimum atomic E-state index is -4.02. The number of nitrogens with one attached hydrogen (secondary N) is 1. The molecule has 9 heteroatoms. The molecule has 0 aliphatic heterocycles. The van der Waals surface area contributed by atoms with Gasteiger partial charge < -0.3 is 9.30 Å². The van der Waals surface area contributed by atoms with Crippen LogP contribution in [-0.4, -0.2) is 31.5 Å². The van der Waals surface area contributed by atoms with Crippen LogP contribution < -0.4 is 4.72 Å². The topological polar surface area (TPSA) is 94.5 Å². The molecule has 1 N–H and O–H groups in total. The summed E-state index contributed by atoms with van der Waals surface area (Å²) in [7, 11) is -4.02. The van der Waals surface area contributed by atoms with Gasteiger partial charge in [-0.25, -0.2) is 17.9 Å². The van der Waals surface area contributed by atoms with E-state index in [1.54, 1.807) is 43.4 Å². The van der Waals surface area contributed by atoms with Crippen molar-refractivity contribution in [1.82, 2.24) is 9.29 Å². The van der Waals surface area contributed by atoms with Crippen molar-refractivity contribution in [3.63, 3.8) is 0 Å². The summed E-state index contributed by atoms with van der Waals surface area (Å²) in [5, 5.41) is 0.723. The van der Waals surface area contributed by atoms with Crippen LogP contribution in [0.5, 0.6) is 0 Å². The van der Waals surface area contributed by atoms with E-state index < -0.39 is 15.9 Å². The van der Waals surface area contributed by atoms with Crippen LogP contribution in [0.2, 0.25) is 0 Å². The Balaban J connectivity index is 1.74. The standard InChI is InChI=1S/C25H28N2O5S2/c1-5-32-25(29)22-19-8-6-7-9-21(19)33-24(22)27-16(3)14-20(17(27)4)23(28)26-34(30,31)18-12-10-15(2)11-13-18/h10-14H,5-9H2,1-4H3,(H,26,28). The summed E-state index contributed by atoms with van der Waals surface area (Å²) in [5.41, 5.74) is 4.06. The first-order valence-corrected chi connectivity index (χ1v) is 13.6. The number of ether oxygens (including phenoxy) is 1. The zero-order valence-electron chi connectivity index (χ0n) is 19.7. The average molecular weight is 501 g/mol. The summed E-state index contributed by atoms with van der Waals surface area (Å²) in [6, 6.07) is 7.95. The van der Waals surface area contributed by atoms with Crippen molar-refractivity contribution in [3.05, 3.63) is 68.9 Å². The largest absolute Gasteiger partial charge is 0.462 e. The lowest BCUT2D eigenvalue weighted by Crippen LogP contribution is -2.30. The Morgan fingerprint density at radius 3 is 2.44 bits per heavy atom. The van der Waals surface area contributed by atoms with Gasteiger partial charge in [-0.3, -0.25) is 4.79 Å². The Bertz CT molecular complexity index is 1370. The number of fused-ring (bicyclic) bond motifs is 1. The molecule has 2 aromatic heterocycles. The van der Waals surface area contributed by atoms with Gasteiger partial charge in [0.25, 0.3) is 15.9 Å². The third kappa shape index (κ3) is 4.42. The highest BCUT2D eigenvalue weighted by Crippen LogP contribution is 2.39. The van der Waals surface area contributed by atoms with Gasteiger partial charge >= 0.3 is 5.97 Å². The SMILES string of the molecule is CCOC(=O)c1c(-n2c(C)cc(C(=O)NS(=O)(=O)c3ccc(C)cc3)c2C)sc2c1CCCC2. The maximum Gasteiger partial charge on any atom is 0.341 e. The van der Waals surface area contributed by atoms with Crippen molar-refractivity contribution in [3.8, 4) is 5.00 Å². The number of esters is 1. The molecule has 7 nitrogen and oxygen atoms in total. The monoisotopic (exact) mass is 500 g/mol. The lowest BCUT2D eigenvalue weighted by Gasteiger charge is -2.13. The second-order valence-corrected chi connectivity index (χ2v) is 11.2. The third-order valence-corrected chi connectivity index (χ3v) is 8.69. The lowest BCUT2D eigenvalue weighted by molar-refractivity contribution is 0.0525. The quantitative estimate of drug-likeness (QED) is 0.498. The van der Waals surface area contributed by atoms with E-state index in [-0.39, 0.29) is 23.0 Å². The zero-order chi connectivity index (χ0) is 24.6. The fourth-order valence-corrected chi connectivity index (χ4v) is 6.84. The summed E-state index contributed by atoms with van der Waals surface area (Å²) in [6.45, 7) is 7.51. The molecule has 1 aliphatic rings. The van der Waals surface area contributed by atoms with Crippen molar-refractivity contribution in [2.24, 2.45) is 0 Å². The summed E-state index contributed by atoms with van der Waals surface area (Å²) in [6.07, 6.45) is 3.82. The molecule has 0 spiro atoms. The molecule has 3 aromatic rings. The molecule has 0 atom stereocenters. The number of rotatable bonds is 6. The Morgan fingerprint density at radius 1 is 1.09 bits per heavy atom. The molecule has 0 bridgehead atoms. The highest BCUT2D eigenvalue weighted by molar-refractivity contribution is 7.90. The highest BCUT2D eigenvalue weighted by atomic mass is 32.2. The fraction of sp³-hybridized carbons (Fsp3) is 0.360. The van der Waals surface area contributed by atoms with E-state index in [1.165, 1.54) is 17.0 Å². The van der Waals surface area contributed by atoms with Crippen LogP contribution in [0.3, 0.4) is 0 Å². The third-order valence-electron chi connectivity index (χ3n) is 6.07. The predicted octanol–water partition coefficient (Wildman–Crippen LogP) is 4.64. The zero-order valence-corrected chi connectivity index (χ0v) is 21.4. The number of nitrogens with zero attached hydrogens (tertiary/aromatic N) is 1. The lowest BCUT2D eigenvalue weighted by atomic mass is 9.95. The Morgan fingerprint density at radius 2 is 1.76 bits per heavy atom. The van der Waals surface area contributed by atoms with E-state index in [0.717, 1.165) is 47.5 Å². The normalized spacial score (nSPS) is 13.4. The molecule has 1 amide bonds. The van der Waals surface area contributed by atoms with E-state index >= 15 is 0 Å². The average Bonchev–Trinajstić information content (AvgIpc) is 3.30. The van der Waals surface area contributed by atoms with Gasteiger partial charge in [0.2, 0.25) is 0 Å². The first-order valence-electron chi connectivity index (χ1n) is 11.3. The van der Waals surface area contributed by atoms with E-state index in [0.29, 0.717) is 11.3 Å². The smallest absolute Gasteiger partial charge is 0.341 e. The highest BCUT2D eigenvalue weighted by Gasteiger charge is 2.30. The van der Waals surface area contributed by atoms with Gasteiger partial charge in [-0.15, -0.1) is 11.3 Å². The Kier molecular flexibility index (Phi) is 6.69. The molecule has 4 rings (SSSR count). The molecule has 1 aliphatic carbocycles. The number of aromatic nitrogens is 1. The number of benzene rings is 1. The molecule has 34 heavy (non-hydrogen) atoms. The number of aryl methyl sites for hydroxylation is 3. The van der Waals surface area contributed by atoms with Crippen LogP contribution in [0, 0.1) is 20.8 Å². The van der Waals surface area contributed by atoms with E-state index in [9.17, 15) is 18.0 Å². The van der Waals surface area contributed by atoms with Crippen LogP contribution in [0.4, 0.5) is 0 Å². The second-order valence-electron chi connectivity index (χ2n) is 8.48. The van der Waals surface area contributed by atoms with Gasteiger partial charge in [0.1, 0.15) is 5.00 Å². The van der Waals surface area contributed by atoms with Crippen LogP contribution in [-0.2, 0) is 27.6 Å². The summed E-state index contributed by atoms with van der Waals surface area (Å²) >= 11 is 1.55. The van der Waals surface area contributed by atoms with Gasteiger partial charge in [0.05, 0.1) is 22.6 Å². The minimum absolute atomic E-state index is 0.0239.